The lowest BCUT2D eigenvalue weighted by Gasteiger charge is -2.33. The summed E-state index contributed by atoms with van der Waals surface area (Å²) in [6.07, 6.45) is 2.58. The highest BCUT2D eigenvalue weighted by Crippen LogP contribution is 2.30. The Morgan fingerprint density at radius 1 is 1.24 bits per heavy atom. The van der Waals surface area contributed by atoms with Gasteiger partial charge in [0.25, 0.3) is 0 Å². The number of rotatable bonds is 12. The molecule has 228 valence electrons. The smallest absolute Gasteiger partial charge is 0.345 e. The maximum atomic E-state index is 13.6. The maximum absolute atomic E-state index is 13.6. The van der Waals surface area contributed by atoms with Crippen molar-refractivity contribution in [3.63, 3.8) is 0 Å². The molecular formula is C28H39N7O6S. The van der Waals surface area contributed by atoms with E-state index in [0.29, 0.717) is 37.9 Å². The third-order valence-electron chi connectivity index (χ3n) is 7.40. The van der Waals surface area contributed by atoms with E-state index in [1.165, 1.54) is 11.0 Å². The van der Waals surface area contributed by atoms with Gasteiger partial charge in [-0.2, -0.15) is 4.72 Å². The van der Waals surface area contributed by atoms with Crippen molar-refractivity contribution in [2.45, 2.75) is 69.5 Å². The van der Waals surface area contributed by atoms with Gasteiger partial charge in [0.2, 0.25) is 21.8 Å². The second-order valence-electron chi connectivity index (χ2n) is 10.8. The Morgan fingerprint density at radius 3 is 2.69 bits per heavy atom. The zero-order chi connectivity index (χ0) is 30.4. The number of hydrogen-bond donors (Lipinski definition) is 4. The molecule has 2 amide bonds. The number of fused-ring (bicyclic) bond motifs is 1. The van der Waals surface area contributed by atoms with Crippen LogP contribution in [0, 0.1) is 18.3 Å². The molecule has 2 fully saturated rings. The predicted molar refractivity (Wildman–Crippen MR) is 156 cm³/mol. The summed E-state index contributed by atoms with van der Waals surface area (Å²) in [7, 11) is -4.32. The molecule has 5 N–H and O–H groups in total. The number of nitrogens with two attached hydrogens (primary N) is 1. The molecular weight excluding hydrogens is 562 g/mol. The summed E-state index contributed by atoms with van der Waals surface area (Å²) in [5, 5.41) is 11.1. The van der Waals surface area contributed by atoms with Gasteiger partial charge in [-0.25, -0.2) is 13.2 Å². The van der Waals surface area contributed by atoms with E-state index < -0.39 is 28.1 Å². The lowest BCUT2D eigenvalue weighted by atomic mass is 9.98. The number of likely N-dealkylation sites (tertiary alicyclic amines) is 1. The summed E-state index contributed by atoms with van der Waals surface area (Å²) in [6.45, 7) is 5.12. The number of amides is 2. The van der Waals surface area contributed by atoms with Crippen LogP contribution >= 0.6 is 0 Å². The molecule has 0 unspecified atom stereocenters. The summed E-state index contributed by atoms with van der Waals surface area (Å²) in [4.78, 5) is 46.2. The minimum absolute atomic E-state index is 0.00961. The number of aromatic nitrogens is 1. The topological polar surface area (TPSA) is 188 Å². The Hall–Kier alpha value is -3.78. The Morgan fingerprint density at radius 2 is 2.00 bits per heavy atom. The zero-order valence-corrected chi connectivity index (χ0v) is 24.8. The van der Waals surface area contributed by atoms with Gasteiger partial charge in [-0.3, -0.25) is 20.0 Å². The highest BCUT2D eigenvalue weighted by molar-refractivity contribution is 7.89. The third-order valence-corrected chi connectivity index (χ3v) is 8.84. The first-order valence-corrected chi connectivity index (χ1v) is 15.7. The van der Waals surface area contributed by atoms with Crippen LogP contribution in [0.1, 0.15) is 51.0 Å². The minimum Gasteiger partial charge on any atom is -0.463 e. The van der Waals surface area contributed by atoms with Crippen LogP contribution < -0.4 is 15.8 Å². The van der Waals surface area contributed by atoms with Gasteiger partial charge in [0, 0.05) is 50.1 Å². The van der Waals surface area contributed by atoms with Crippen molar-refractivity contribution >= 4 is 44.7 Å². The van der Waals surface area contributed by atoms with Crippen LogP contribution in [-0.4, -0.2) is 85.4 Å². The fourth-order valence-corrected chi connectivity index (χ4v) is 6.48. The molecule has 1 aliphatic heterocycles. The van der Waals surface area contributed by atoms with Crippen LogP contribution in [0.2, 0.25) is 0 Å². The Balaban J connectivity index is 1.45. The van der Waals surface area contributed by atoms with Crippen LogP contribution in [0.25, 0.3) is 10.9 Å². The largest absolute Gasteiger partial charge is 0.463 e. The van der Waals surface area contributed by atoms with Gasteiger partial charge in [0.05, 0.1) is 12.1 Å². The number of guanidine groups is 1. The fourth-order valence-electron chi connectivity index (χ4n) is 5.17. The first-order valence-electron chi connectivity index (χ1n) is 14.2. The normalized spacial score (nSPS) is 17.9. The van der Waals surface area contributed by atoms with Gasteiger partial charge < -0.3 is 25.6 Å². The number of hydrogen-bond acceptors (Lipinski definition) is 8. The molecule has 1 aliphatic carbocycles. The molecule has 0 bridgehead atoms. The summed E-state index contributed by atoms with van der Waals surface area (Å²) in [5.41, 5.74) is 6.69. The number of esters is 1. The first kappa shape index (κ1) is 31.2. The van der Waals surface area contributed by atoms with Gasteiger partial charge in [-0.1, -0.05) is 12.1 Å². The number of sulfonamides is 1. The van der Waals surface area contributed by atoms with Gasteiger partial charge in [-0.15, -0.1) is 0 Å². The molecule has 13 nitrogen and oxygen atoms in total. The van der Waals surface area contributed by atoms with Crippen molar-refractivity contribution in [3.8, 4) is 0 Å². The van der Waals surface area contributed by atoms with E-state index in [9.17, 15) is 22.8 Å². The summed E-state index contributed by atoms with van der Waals surface area (Å²) >= 11 is 0. The van der Waals surface area contributed by atoms with Crippen LogP contribution in [0.4, 0.5) is 0 Å². The van der Waals surface area contributed by atoms with Crippen molar-refractivity contribution in [3.05, 3.63) is 36.0 Å². The molecule has 1 saturated carbocycles. The number of nitrogens with one attached hydrogen (secondary N) is 3. The van der Waals surface area contributed by atoms with Gasteiger partial charge in [0.1, 0.15) is 4.90 Å². The second-order valence-corrected chi connectivity index (χ2v) is 12.5. The number of ether oxygens (including phenoxy) is 1. The summed E-state index contributed by atoms with van der Waals surface area (Å²) in [6, 6.07) is 6.18. The van der Waals surface area contributed by atoms with E-state index in [0.717, 1.165) is 18.4 Å². The number of para-hydroxylation sites is 1. The van der Waals surface area contributed by atoms with E-state index in [4.69, 9.17) is 15.9 Å². The third kappa shape index (κ3) is 7.73. The summed E-state index contributed by atoms with van der Waals surface area (Å²) in [5.74, 6) is -1.61. The number of benzene rings is 1. The number of pyridine rings is 1. The van der Waals surface area contributed by atoms with E-state index in [1.807, 2.05) is 13.0 Å². The molecule has 14 heteroatoms. The van der Waals surface area contributed by atoms with E-state index in [1.54, 1.807) is 30.2 Å². The maximum Gasteiger partial charge on any atom is 0.345 e. The lowest BCUT2D eigenvalue weighted by Crippen LogP contribution is -2.56. The highest BCUT2D eigenvalue weighted by atomic mass is 32.2. The number of nitrogens with zero attached hydrogens (tertiary/aromatic N) is 3. The number of carbonyl (C=O) groups is 3. The zero-order valence-electron chi connectivity index (χ0n) is 24.0. The molecule has 1 aromatic heterocycles. The Bertz CT molecular complexity index is 1450. The van der Waals surface area contributed by atoms with Crippen molar-refractivity contribution < 1.29 is 27.5 Å². The molecule has 1 aromatic carbocycles. The van der Waals surface area contributed by atoms with Crippen LogP contribution in [-0.2, 0) is 29.1 Å². The Labute approximate surface area is 245 Å². The van der Waals surface area contributed by atoms with E-state index >= 15 is 0 Å². The van der Waals surface area contributed by atoms with Crippen molar-refractivity contribution in [2.75, 3.05) is 26.2 Å². The monoisotopic (exact) mass is 601 g/mol. The number of carbonyl (C=O) groups excluding carboxylic acids is 3. The lowest BCUT2D eigenvalue weighted by molar-refractivity contribution is -0.156. The Kier molecular flexibility index (Phi) is 9.99. The SMILES string of the molecule is CCOC(=O)[C@H](NS(=O)(=O)c1cccc2cc(C)cnc12)N(C(=O)CCC(=O)NC[C@@H]1CCCN(C(=N)N)C1)C1CC1. The molecule has 2 heterocycles. The van der Waals surface area contributed by atoms with Gasteiger partial charge in [0.15, 0.2) is 12.1 Å². The predicted octanol–water partition coefficient (Wildman–Crippen LogP) is 1.20. The van der Waals surface area contributed by atoms with Crippen molar-refractivity contribution in [1.29, 1.82) is 5.41 Å². The van der Waals surface area contributed by atoms with E-state index in [-0.39, 0.29) is 53.7 Å². The molecule has 0 spiro atoms. The van der Waals surface area contributed by atoms with Crippen molar-refractivity contribution in [1.82, 2.24) is 24.8 Å². The second kappa shape index (κ2) is 13.5. The van der Waals surface area contributed by atoms with E-state index in [2.05, 4.69) is 15.0 Å². The fraction of sp³-hybridized carbons (Fsp3) is 0.536. The summed E-state index contributed by atoms with van der Waals surface area (Å²) < 4.78 is 34.8. The average Bonchev–Trinajstić information content (AvgIpc) is 3.79. The highest BCUT2D eigenvalue weighted by Gasteiger charge is 2.43. The minimum atomic E-state index is -4.32. The van der Waals surface area contributed by atoms with Crippen LogP contribution in [0.3, 0.4) is 0 Å². The van der Waals surface area contributed by atoms with Gasteiger partial charge >= 0.3 is 5.97 Å². The molecule has 2 aliphatic rings. The van der Waals surface area contributed by atoms with Crippen LogP contribution in [0.5, 0.6) is 0 Å². The quantitative estimate of drug-likeness (QED) is 0.120. The van der Waals surface area contributed by atoms with Crippen molar-refractivity contribution in [2.24, 2.45) is 11.7 Å². The average molecular weight is 602 g/mol. The number of piperidine rings is 1. The molecule has 1 saturated heterocycles. The molecule has 42 heavy (non-hydrogen) atoms. The van der Waals surface area contributed by atoms with Gasteiger partial charge in [-0.05, 0) is 63.1 Å². The number of aryl methyl sites for hydroxylation is 1. The standard InChI is InChI=1S/C28H39N7O6S/c1-3-41-27(38)26(33-42(39,40)22-8-4-7-20-14-18(2)15-32-25(20)22)35(21-9-10-21)24(37)12-11-23(36)31-16-19-6-5-13-34(17-19)28(29)30/h4,7-8,14-15,19,21,26,33H,3,5-6,9-13,16-17H2,1-2H3,(H3,29,30)(H,31,36)/t19-,26+/m0/s1. The van der Waals surface area contributed by atoms with Crippen LogP contribution in [0.15, 0.2) is 35.4 Å². The molecule has 4 rings (SSSR count). The molecule has 0 radical (unpaired) electrons. The molecule has 2 atom stereocenters. The molecule has 2 aromatic rings. The first-order chi connectivity index (χ1) is 20.0.